The summed E-state index contributed by atoms with van der Waals surface area (Å²) < 4.78 is 0. The van der Waals surface area contributed by atoms with Gasteiger partial charge in [-0.3, -0.25) is 0 Å². The molecule has 0 aliphatic heterocycles. The molecule has 0 spiro atoms. The molecule has 2 atom stereocenters. The molecule has 0 saturated heterocycles. The highest BCUT2D eigenvalue weighted by atomic mass is 15.1. The normalized spacial score (nSPS) is 25.9. The van der Waals surface area contributed by atoms with Crippen molar-refractivity contribution in [2.45, 2.75) is 38.1 Å². The van der Waals surface area contributed by atoms with E-state index in [0.29, 0.717) is 0 Å². The quantitative estimate of drug-likeness (QED) is 0.750. The minimum Gasteiger partial charge on any atom is -0.306 e. The van der Waals surface area contributed by atoms with Crippen molar-refractivity contribution >= 4 is 0 Å². The molecule has 88 valence electrons. The first-order valence-electron chi connectivity index (χ1n) is 6.47. The summed E-state index contributed by atoms with van der Waals surface area (Å²) in [6, 6.07) is 11.7. The van der Waals surface area contributed by atoms with Gasteiger partial charge < -0.3 is 4.90 Å². The average Bonchev–Trinajstić information content (AvgIpc) is 2.31. The van der Waals surface area contributed by atoms with Crippen LogP contribution in [0.5, 0.6) is 0 Å². The van der Waals surface area contributed by atoms with Crippen LogP contribution in [0.2, 0.25) is 0 Å². The maximum Gasteiger partial charge on any atom is 0.0121 e. The smallest absolute Gasteiger partial charge is 0.0121 e. The SMILES string of the molecule is CN(C)C1CCCCC1Cc1ccccc1. The lowest BCUT2D eigenvalue weighted by molar-refractivity contribution is 0.155. The zero-order valence-corrected chi connectivity index (χ0v) is 10.5. The van der Waals surface area contributed by atoms with E-state index in [2.05, 4.69) is 49.3 Å². The molecule has 0 amide bonds. The summed E-state index contributed by atoms with van der Waals surface area (Å²) in [5.74, 6) is 0.853. The van der Waals surface area contributed by atoms with E-state index in [4.69, 9.17) is 0 Å². The lowest BCUT2D eigenvalue weighted by Crippen LogP contribution is -2.38. The molecule has 1 aliphatic rings. The van der Waals surface area contributed by atoms with Crippen molar-refractivity contribution < 1.29 is 0 Å². The summed E-state index contributed by atoms with van der Waals surface area (Å²) in [5, 5.41) is 0. The Kier molecular flexibility index (Phi) is 4.00. The molecule has 16 heavy (non-hydrogen) atoms. The van der Waals surface area contributed by atoms with Crippen molar-refractivity contribution in [2.75, 3.05) is 14.1 Å². The Morgan fingerprint density at radius 2 is 1.75 bits per heavy atom. The Morgan fingerprint density at radius 1 is 1.06 bits per heavy atom. The summed E-state index contributed by atoms with van der Waals surface area (Å²) in [4.78, 5) is 2.42. The Bertz CT molecular complexity index is 304. The van der Waals surface area contributed by atoms with Crippen molar-refractivity contribution in [3.05, 3.63) is 35.9 Å². The van der Waals surface area contributed by atoms with Gasteiger partial charge in [-0.15, -0.1) is 0 Å². The molecule has 2 rings (SSSR count). The second-order valence-electron chi connectivity index (χ2n) is 5.27. The summed E-state index contributed by atoms with van der Waals surface area (Å²) in [7, 11) is 4.46. The van der Waals surface area contributed by atoms with Crippen LogP contribution in [0.3, 0.4) is 0 Å². The second kappa shape index (κ2) is 5.49. The van der Waals surface area contributed by atoms with Crippen LogP contribution in [0.25, 0.3) is 0 Å². The van der Waals surface area contributed by atoms with E-state index in [1.807, 2.05) is 0 Å². The Hall–Kier alpha value is -0.820. The highest BCUT2D eigenvalue weighted by molar-refractivity contribution is 5.15. The van der Waals surface area contributed by atoms with Crippen LogP contribution in [0, 0.1) is 5.92 Å². The molecule has 1 aromatic rings. The number of hydrogen-bond donors (Lipinski definition) is 0. The molecule has 1 nitrogen and oxygen atoms in total. The van der Waals surface area contributed by atoms with Gasteiger partial charge >= 0.3 is 0 Å². The number of hydrogen-bond acceptors (Lipinski definition) is 1. The van der Waals surface area contributed by atoms with Crippen LogP contribution in [0.1, 0.15) is 31.2 Å². The predicted octanol–water partition coefficient (Wildman–Crippen LogP) is 3.35. The molecule has 1 heteroatoms. The van der Waals surface area contributed by atoms with Gasteiger partial charge in [0.05, 0.1) is 0 Å². The van der Waals surface area contributed by atoms with Gasteiger partial charge in [0.2, 0.25) is 0 Å². The summed E-state index contributed by atoms with van der Waals surface area (Å²) >= 11 is 0. The summed E-state index contributed by atoms with van der Waals surface area (Å²) in [5.41, 5.74) is 1.50. The van der Waals surface area contributed by atoms with E-state index in [9.17, 15) is 0 Å². The van der Waals surface area contributed by atoms with Gasteiger partial charge in [-0.2, -0.15) is 0 Å². The van der Waals surface area contributed by atoms with E-state index in [-0.39, 0.29) is 0 Å². The third-order valence-corrected chi connectivity index (χ3v) is 3.87. The van der Waals surface area contributed by atoms with Gasteiger partial charge in [-0.25, -0.2) is 0 Å². The van der Waals surface area contributed by atoms with Crippen LogP contribution in [0.15, 0.2) is 30.3 Å². The molecule has 1 saturated carbocycles. The van der Waals surface area contributed by atoms with Gasteiger partial charge in [0.25, 0.3) is 0 Å². The third-order valence-electron chi connectivity index (χ3n) is 3.87. The van der Waals surface area contributed by atoms with E-state index >= 15 is 0 Å². The summed E-state index contributed by atoms with van der Waals surface area (Å²) in [6.45, 7) is 0. The number of nitrogens with zero attached hydrogens (tertiary/aromatic N) is 1. The molecule has 1 aromatic carbocycles. The molecule has 0 bridgehead atoms. The maximum atomic E-state index is 2.42. The lowest BCUT2D eigenvalue weighted by atomic mass is 9.80. The highest BCUT2D eigenvalue weighted by Gasteiger charge is 2.26. The zero-order chi connectivity index (χ0) is 11.4. The van der Waals surface area contributed by atoms with Crippen LogP contribution in [-0.4, -0.2) is 25.0 Å². The standard InChI is InChI=1S/C15H23N/c1-16(2)15-11-7-6-10-14(15)12-13-8-4-3-5-9-13/h3-5,8-9,14-15H,6-7,10-12H2,1-2H3. The minimum atomic E-state index is 0.786. The van der Waals surface area contributed by atoms with Crippen molar-refractivity contribution in [2.24, 2.45) is 5.92 Å². The molecule has 0 N–H and O–H groups in total. The molecule has 0 heterocycles. The fraction of sp³-hybridized carbons (Fsp3) is 0.600. The van der Waals surface area contributed by atoms with Crippen molar-refractivity contribution in [3.8, 4) is 0 Å². The van der Waals surface area contributed by atoms with Crippen LogP contribution in [-0.2, 0) is 6.42 Å². The van der Waals surface area contributed by atoms with Crippen molar-refractivity contribution in [1.82, 2.24) is 4.90 Å². The highest BCUT2D eigenvalue weighted by Crippen LogP contribution is 2.29. The largest absolute Gasteiger partial charge is 0.306 e. The van der Waals surface area contributed by atoms with E-state index in [0.717, 1.165) is 12.0 Å². The Balaban J connectivity index is 2.01. The topological polar surface area (TPSA) is 3.24 Å². The van der Waals surface area contributed by atoms with Gasteiger partial charge in [-0.05, 0) is 44.8 Å². The van der Waals surface area contributed by atoms with Gasteiger partial charge in [-0.1, -0.05) is 43.2 Å². The molecule has 0 aromatic heterocycles. The van der Waals surface area contributed by atoms with E-state index in [1.165, 1.54) is 37.7 Å². The third kappa shape index (κ3) is 2.85. The Labute approximate surface area is 99.5 Å². The van der Waals surface area contributed by atoms with Crippen molar-refractivity contribution in [1.29, 1.82) is 0 Å². The van der Waals surface area contributed by atoms with E-state index < -0.39 is 0 Å². The first-order chi connectivity index (χ1) is 7.77. The van der Waals surface area contributed by atoms with Gasteiger partial charge in [0.1, 0.15) is 0 Å². The van der Waals surface area contributed by atoms with Gasteiger partial charge in [0, 0.05) is 6.04 Å². The van der Waals surface area contributed by atoms with Crippen LogP contribution < -0.4 is 0 Å². The first kappa shape index (κ1) is 11.7. The fourth-order valence-corrected chi connectivity index (χ4v) is 3.02. The monoisotopic (exact) mass is 217 g/mol. The molecular weight excluding hydrogens is 194 g/mol. The first-order valence-corrected chi connectivity index (χ1v) is 6.47. The Morgan fingerprint density at radius 3 is 2.44 bits per heavy atom. The van der Waals surface area contributed by atoms with Crippen LogP contribution >= 0.6 is 0 Å². The lowest BCUT2D eigenvalue weighted by Gasteiger charge is -2.36. The van der Waals surface area contributed by atoms with E-state index in [1.54, 1.807) is 0 Å². The predicted molar refractivity (Wildman–Crippen MR) is 69.6 cm³/mol. The van der Waals surface area contributed by atoms with Crippen molar-refractivity contribution in [3.63, 3.8) is 0 Å². The van der Waals surface area contributed by atoms with Crippen LogP contribution in [0.4, 0.5) is 0 Å². The zero-order valence-electron chi connectivity index (χ0n) is 10.5. The fourth-order valence-electron chi connectivity index (χ4n) is 3.02. The number of benzene rings is 1. The van der Waals surface area contributed by atoms with Gasteiger partial charge in [0.15, 0.2) is 0 Å². The second-order valence-corrected chi connectivity index (χ2v) is 5.27. The summed E-state index contributed by atoms with van der Waals surface area (Å²) in [6.07, 6.45) is 6.86. The minimum absolute atomic E-state index is 0.786. The molecule has 1 fully saturated rings. The molecule has 1 aliphatic carbocycles. The number of rotatable bonds is 3. The molecule has 2 unspecified atom stereocenters. The molecular formula is C15H23N. The average molecular weight is 217 g/mol. The molecule has 0 radical (unpaired) electrons. The maximum absolute atomic E-state index is 2.42.